The fourth-order valence-corrected chi connectivity index (χ4v) is 4.99. The molecule has 2 aliphatic carbocycles. The molecule has 6 heteroatoms. The topological polar surface area (TPSA) is 75.2 Å². The molecule has 2 aromatic rings. The maximum absolute atomic E-state index is 13.6. The second kappa shape index (κ2) is 10.0. The van der Waals surface area contributed by atoms with Gasteiger partial charge in [-0.1, -0.05) is 38.5 Å². The number of carbonyl (C=O) groups excluding carboxylic acids is 2. The van der Waals surface area contributed by atoms with Crippen LogP contribution in [-0.2, 0) is 4.79 Å². The Labute approximate surface area is 184 Å². The summed E-state index contributed by atoms with van der Waals surface area (Å²) in [6, 6.07) is 8.11. The van der Waals surface area contributed by atoms with Crippen LogP contribution in [0.5, 0.6) is 0 Å². The minimum atomic E-state index is -0.129. The molecule has 1 N–H and O–H groups in total. The summed E-state index contributed by atoms with van der Waals surface area (Å²) in [4.78, 5) is 35.9. The summed E-state index contributed by atoms with van der Waals surface area (Å²) >= 11 is 0. The van der Waals surface area contributed by atoms with E-state index >= 15 is 0 Å². The Bertz CT molecular complexity index is 865. The van der Waals surface area contributed by atoms with Crippen LogP contribution in [0.3, 0.4) is 0 Å². The number of hydrogen-bond acceptors (Lipinski definition) is 4. The highest BCUT2D eigenvalue weighted by atomic mass is 16.2. The molecular formula is C25H32N4O2. The van der Waals surface area contributed by atoms with Crippen LogP contribution in [0.1, 0.15) is 81.5 Å². The molecule has 0 atom stereocenters. The summed E-state index contributed by atoms with van der Waals surface area (Å²) in [5.74, 6) is 0.00263. The molecule has 6 nitrogen and oxygen atoms in total. The first-order valence-corrected chi connectivity index (χ1v) is 11.6. The van der Waals surface area contributed by atoms with E-state index in [1.165, 1.54) is 45.4 Å². The van der Waals surface area contributed by atoms with Crippen LogP contribution >= 0.6 is 0 Å². The molecule has 2 heterocycles. The number of carbonyl (C=O) groups is 2. The lowest BCUT2D eigenvalue weighted by Crippen LogP contribution is -2.48. The predicted octanol–water partition coefficient (Wildman–Crippen LogP) is 5.21. The Morgan fingerprint density at radius 1 is 0.806 bits per heavy atom. The highest BCUT2D eigenvalue weighted by Crippen LogP contribution is 2.31. The first-order chi connectivity index (χ1) is 15.1. The molecule has 0 unspecified atom stereocenters. The first kappa shape index (κ1) is 21.5. The van der Waals surface area contributed by atoms with Crippen molar-refractivity contribution in [1.82, 2.24) is 14.9 Å². The lowest BCUT2D eigenvalue weighted by atomic mass is 9.88. The van der Waals surface area contributed by atoms with Gasteiger partial charge in [-0.25, -0.2) is 0 Å². The normalized spacial score (nSPS) is 17.8. The molecule has 31 heavy (non-hydrogen) atoms. The van der Waals surface area contributed by atoms with E-state index in [2.05, 4.69) is 20.2 Å². The lowest BCUT2D eigenvalue weighted by Gasteiger charge is -2.41. The number of amides is 2. The van der Waals surface area contributed by atoms with Crippen molar-refractivity contribution >= 4 is 17.5 Å². The number of rotatable bonds is 5. The maximum atomic E-state index is 13.6. The third kappa shape index (κ3) is 5.30. The van der Waals surface area contributed by atoms with Gasteiger partial charge in [0.15, 0.2) is 0 Å². The molecule has 164 valence electrons. The fourth-order valence-electron chi connectivity index (χ4n) is 4.99. The Balaban J connectivity index is 1.51. The molecule has 0 bridgehead atoms. The summed E-state index contributed by atoms with van der Waals surface area (Å²) in [7, 11) is 0. The standard InChI is InChI=1S/C25H32N4O2/c1-18(30)28-20-13-15-24(27-17-20)23-14-12-19(16-26-23)25(31)29(21-8-4-2-5-9-21)22-10-6-3-7-11-22/h12-17,21-22H,2-11H2,1H3,(H,28,30). The van der Waals surface area contributed by atoms with Gasteiger partial charge in [-0.2, -0.15) is 0 Å². The second-order valence-corrected chi connectivity index (χ2v) is 8.84. The molecule has 0 aromatic carbocycles. The van der Waals surface area contributed by atoms with Crippen LogP contribution in [0.25, 0.3) is 11.4 Å². The van der Waals surface area contributed by atoms with Crippen LogP contribution < -0.4 is 5.32 Å². The van der Waals surface area contributed by atoms with E-state index < -0.39 is 0 Å². The summed E-state index contributed by atoms with van der Waals surface area (Å²) in [6.45, 7) is 1.47. The number of anilines is 1. The molecule has 2 aromatic heterocycles. The van der Waals surface area contributed by atoms with Gasteiger partial charge >= 0.3 is 0 Å². The first-order valence-electron chi connectivity index (χ1n) is 11.6. The van der Waals surface area contributed by atoms with E-state index in [9.17, 15) is 9.59 Å². The predicted molar refractivity (Wildman–Crippen MR) is 122 cm³/mol. The zero-order valence-electron chi connectivity index (χ0n) is 18.3. The molecule has 0 radical (unpaired) electrons. The molecule has 2 saturated carbocycles. The summed E-state index contributed by atoms with van der Waals surface area (Å²) < 4.78 is 0. The van der Waals surface area contributed by atoms with Gasteiger partial charge in [-0.3, -0.25) is 19.6 Å². The number of nitrogens with zero attached hydrogens (tertiary/aromatic N) is 3. The zero-order chi connectivity index (χ0) is 21.6. The maximum Gasteiger partial charge on any atom is 0.255 e. The minimum Gasteiger partial charge on any atom is -0.333 e. The van der Waals surface area contributed by atoms with Gasteiger partial charge in [-0.05, 0) is 49.9 Å². The number of pyridine rings is 2. The quantitative estimate of drug-likeness (QED) is 0.720. The molecule has 2 fully saturated rings. The molecule has 2 aliphatic rings. The van der Waals surface area contributed by atoms with Crippen molar-refractivity contribution in [2.24, 2.45) is 0 Å². The largest absolute Gasteiger partial charge is 0.333 e. The van der Waals surface area contributed by atoms with Gasteiger partial charge in [0.2, 0.25) is 5.91 Å². The monoisotopic (exact) mass is 420 g/mol. The van der Waals surface area contributed by atoms with Crippen LogP contribution in [0, 0.1) is 0 Å². The number of aromatic nitrogens is 2. The van der Waals surface area contributed by atoms with Crippen molar-refractivity contribution in [2.75, 3.05) is 5.32 Å². The zero-order valence-corrected chi connectivity index (χ0v) is 18.3. The van der Waals surface area contributed by atoms with Crippen LogP contribution in [-0.4, -0.2) is 38.8 Å². The van der Waals surface area contributed by atoms with E-state index in [4.69, 9.17) is 0 Å². The van der Waals surface area contributed by atoms with Gasteiger partial charge < -0.3 is 10.2 Å². The average molecular weight is 421 g/mol. The van der Waals surface area contributed by atoms with Crippen LogP contribution in [0.2, 0.25) is 0 Å². The molecule has 0 aliphatic heterocycles. The Morgan fingerprint density at radius 2 is 1.35 bits per heavy atom. The van der Waals surface area contributed by atoms with E-state index in [1.807, 2.05) is 18.2 Å². The third-order valence-corrected chi connectivity index (χ3v) is 6.53. The fraction of sp³-hybridized carbons (Fsp3) is 0.520. The van der Waals surface area contributed by atoms with Crippen molar-refractivity contribution in [1.29, 1.82) is 0 Å². The molecular weight excluding hydrogens is 388 g/mol. The summed E-state index contributed by atoms with van der Waals surface area (Å²) in [5, 5.41) is 2.71. The van der Waals surface area contributed by atoms with E-state index in [1.54, 1.807) is 18.5 Å². The van der Waals surface area contributed by atoms with Crippen molar-refractivity contribution in [3.05, 3.63) is 42.2 Å². The van der Waals surface area contributed by atoms with Crippen LogP contribution in [0.4, 0.5) is 5.69 Å². The van der Waals surface area contributed by atoms with E-state index in [-0.39, 0.29) is 11.8 Å². The molecule has 4 rings (SSSR count). The average Bonchev–Trinajstić information content (AvgIpc) is 2.81. The number of hydrogen-bond donors (Lipinski definition) is 1. The second-order valence-electron chi connectivity index (χ2n) is 8.84. The number of nitrogens with one attached hydrogen (secondary N) is 1. The van der Waals surface area contributed by atoms with Gasteiger partial charge in [0.05, 0.1) is 28.8 Å². The van der Waals surface area contributed by atoms with Crippen LogP contribution in [0.15, 0.2) is 36.7 Å². The lowest BCUT2D eigenvalue weighted by molar-refractivity contribution is -0.114. The van der Waals surface area contributed by atoms with Gasteiger partial charge in [0.25, 0.3) is 5.91 Å². The molecule has 0 spiro atoms. The summed E-state index contributed by atoms with van der Waals surface area (Å²) in [6.07, 6.45) is 15.3. The highest BCUT2D eigenvalue weighted by Gasteiger charge is 2.33. The highest BCUT2D eigenvalue weighted by molar-refractivity contribution is 5.94. The Morgan fingerprint density at radius 3 is 1.81 bits per heavy atom. The van der Waals surface area contributed by atoms with Gasteiger partial charge in [0.1, 0.15) is 0 Å². The van der Waals surface area contributed by atoms with E-state index in [0.29, 0.717) is 34.7 Å². The van der Waals surface area contributed by atoms with Gasteiger partial charge in [-0.15, -0.1) is 0 Å². The summed E-state index contributed by atoms with van der Waals surface area (Å²) in [5.41, 5.74) is 2.74. The SMILES string of the molecule is CC(=O)Nc1ccc(-c2ccc(C(=O)N(C3CCCCC3)C3CCCCC3)cn2)nc1. The van der Waals surface area contributed by atoms with E-state index in [0.717, 1.165) is 25.7 Å². The molecule has 2 amide bonds. The molecule has 0 saturated heterocycles. The van der Waals surface area contributed by atoms with Crippen molar-refractivity contribution < 1.29 is 9.59 Å². The van der Waals surface area contributed by atoms with Crippen molar-refractivity contribution in [3.63, 3.8) is 0 Å². The Kier molecular flexibility index (Phi) is 6.95. The Hall–Kier alpha value is -2.76. The smallest absolute Gasteiger partial charge is 0.255 e. The van der Waals surface area contributed by atoms with Crippen molar-refractivity contribution in [3.8, 4) is 11.4 Å². The third-order valence-electron chi connectivity index (χ3n) is 6.53. The minimum absolute atomic E-state index is 0.129. The van der Waals surface area contributed by atoms with Crippen molar-refractivity contribution in [2.45, 2.75) is 83.2 Å². The van der Waals surface area contributed by atoms with Gasteiger partial charge in [0, 0.05) is 25.2 Å².